The van der Waals surface area contributed by atoms with Crippen LogP contribution in [0.1, 0.15) is 33.0 Å². The Morgan fingerprint density at radius 2 is 1.92 bits per heavy atom. The molecule has 2 heterocycles. The number of aromatic nitrogens is 2. The Hall–Kier alpha value is -2.42. The number of rotatable bonds is 3. The molecule has 1 aliphatic heterocycles. The third-order valence-electron chi connectivity index (χ3n) is 3.74. The highest BCUT2D eigenvalue weighted by Crippen LogP contribution is 2.20. The summed E-state index contributed by atoms with van der Waals surface area (Å²) < 4.78 is 1.87. The van der Waals surface area contributed by atoms with Crippen LogP contribution in [0.3, 0.4) is 0 Å². The van der Waals surface area contributed by atoms with E-state index in [1.807, 2.05) is 17.7 Å². The smallest absolute Gasteiger partial charge is 0.290 e. The maximum atomic E-state index is 12.0. The van der Waals surface area contributed by atoms with Crippen molar-refractivity contribution in [3.63, 3.8) is 0 Å². The Balaban J connectivity index is 0.000000844. The van der Waals surface area contributed by atoms with Crippen molar-refractivity contribution in [3.8, 4) is 0 Å². The quantitative estimate of drug-likeness (QED) is 0.677. The lowest BCUT2D eigenvalue weighted by Crippen LogP contribution is -2.43. The fourth-order valence-corrected chi connectivity index (χ4v) is 2.49. The van der Waals surface area contributed by atoms with E-state index in [-0.39, 0.29) is 30.4 Å². The third-order valence-corrected chi connectivity index (χ3v) is 3.74. The molecule has 1 aromatic rings. The monoisotopic (exact) mass is 356 g/mol. The summed E-state index contributed by atoms with van der Waals surface area (Å²) in [6.45, 7) is 10.4. The molecule has 3 N–H and O–H groups in total. The Kier molecular flexibility index (Phi) is 10.1. The maximum absolute atomic E-state index is 12.0. The van der Waals surface area contributed by atoms with Crippen molar-refractivity contribution in [1.29, 1.82) is 0 Å². The van der Waals surface area contributed by atoms with Crippen LogP contribution in [0, 0.1) is 6.92 Å². The molecule has 0 aliphatic carbocycles. The second kappa shape index (κ2) is 11.2. The number of aryl methyl sites for hydroxylation is 1. The summed E-state index contributed by atoms with van der Waals surface area (Å²) in [6, 6.07) is 0.274. The van der Waals surface area contributed by atoms with Crippen molar-refractivity contribution in [2.75, 3.05) is 13.1 Å². The average Bonchev–Trinajstić information content (AvgIpc) is 3.10. The Morgan fingerprint density at radius 3 is 2.32 bits per heavy atom. The highest BCUT2D eigenvalue weighted by Gasteiger charge is 2.30. The van der Waals surface area contributed by atoms with Crippen molar-refractivity contribution in [2.45, 2.75) is 52.2 Å². The van der Waals surface area contributed by atoms with Crippen LogP contribution in [0.5, 0.6) is 0 Å². The van der Waals surface area contributed by atoms with Crippen molar-refractivity contribution < 1.29 is 24.6 Å². The number of imidazole rings is 1. The van der Waals surface area contributed by atoms with Gasteiger partial charge in [-0.3, -0.25) is 19.3 Å². The van der Waals surface area contributed by atoms with Gasteiger partial charge in [-0.25, -0.2) is 4.98 Å². The average molecular weight is 356 g/mol. The van der Waals surface area contributed by atoms with Crippen LogP contribution >= 0.6 is 0 Å². The molecular formula is C16H28N4O5. The van der Waals surface area contributed by atoms with E-state index in [1.165, 1.54) is 0 Å². The molecule has 1 aliphatic rings. The van der Waals surface area contributed by atoms with Gasteiger partial charge in [0.15, 0.2) is 0 Å². The topological polar surface area (TPSA) is 125 Å². The van der Waals surface area contributed by atoms with Gasteiger partial charge in [-0.15, -0.1) is 0 Å². The van der Waals surface area contributed by atoms with E-state index in [2.05, 4.69) is 36.0 Å². The summed E-state index contributed by atoms with van der Waals surface area (Å²) in [5.41, 5.74) is 0.181. The van der Waals surface area contributed by atoms with Gasteiger partial charge in [0.05, 0.1) is 0 Å². The standard InChI is InChI=1S/C14H24N4O.2CH2O2/c1-11-15-6-8-17(11)10-13(19)16-12-5-7-18(9-12)14(2,3)4;2*2-1-3/h6,8,12H,5,7,9-10H2,1-4H3,(H,16,19);2*1H,(H,2,3). The minimum atomic E-state index is -0.250. The summed E-state index contributed by atoms with van der Waals surface area (Å²) >= 11 is 0. The molecule has 1 amide bonds. The summed E-state index contributed by atoms with van der Waals surface area (Å²) in [5, 5.41) is 16.9. The highest BCUT2D eigenvalue weighted by atomic mass is 16.3. The molecule has 0 radical (unpaired) electrons. The van der Waals surface area contributed by atoms with Crippen LogP contribution in [-0.2, 0) is 20.9 Å². The molecule has 1 unspecified atom stereocenters. The normalized spacial score (nSPS) is 16.7. The molecule has 2 rings (SSSR count). The van der Waals surface area contributed by atoms with Crippen LogP contribution in [0.15, 0.2) is 12.4 Å². The zero-order valence-electron chi connectivity index (χ0n) is 15.2. The van der Waals surface area contributed by atoms with Crippen LogP contribution < -0.4 is 5.32 Å². The number of carbonyl (C=O) groups is 3. The van der Waals surface area contributed by atoms with Gasteiger partial charge in [-0.05, 0) is 34.1 Å². The number of carboxylic acid groups (broad SMARTS) is 2. The minimum Gasteiger partial charge on any atom is -0.483 e. The van der Waals surface area contributed by atoms with Gasteiger partial charge >= 0.3 is 0 Å². The minimum absolute atomic E-state index is 0.0712. The maximum Gasteiger partial charge on any atom is 0.290 e. The van der Waals surface area contributed by atoms with E-state index >= 15 is 0 Å². The molecule has 0 saturated carbocycles. The molecular weight excluding hydrogens is 328 g/mol. The molecule has 142 valence electrons. The number of likely N-dealkylation sites (tertiary alicyclic amines) is 1. The van der Waals surface area contributed by atoms with Gasteiger partial charge < -0.3 is 20.1 Å². The zero-order chi connectivity index (χ0) is 19.5. The van der Waals surface area contributed by atoms with Crippen LogP contribution in [0.2, 0.25) is 0 Å². The summed E-state index contributed by atoms with van der Waals surface area (Å²) in [6.07, 6.45) is 4.59. The predicted octanol–water partition coefficient (Wildman–Crippen LogP) is 0.582. The molecule has 1 fully saturated rings. The second-order valence-electron chi connectivity index (χ2n) is 6.48. The first-order valence-electron chi connectivity index (χ1n) is 7.87. The lowest BCUT2D eigenvalue weighted by atomic mass is 10.1. The molecule has 25 heavy (non-hydrogen) atoms. The lowest BCUT2D eigenvalue weighted by molar-refractivity contribution is -0.123. The van der Waals surface area contributed by atoms with Crippen LogP contribution in [0.4, 0.5) is 0 Å². The fourth-order valence-electron chi connectivity index (χ4n) is 2.49. The van der Waals surface area contributed by atoms with Gasteiger partial charge in [-0.1, -0.05) is 0 Å². The first-order chi connectivity index (χ1) is 11.7. The third kappa shape index (κ3) is 8.85. The van der Waals surface area contributed by atoms with Crippen molar-refractivity contribution >= 4 is 18.9 Å². The number of hydrogen-bond acceptors (Lipinski definition) is 5. The number of nitrogens with one attached hydrogen (secondary N) is 1. The number of amides is 1. The Labute approximate surface area is 147 Å². The lowest BCUT2D eigenvalue weighted by Gasteiger charge is -2.31. The fraction of sp³-hybridized carbons (Fsp3) is 0.625. The number of hydrogen-bond donors (Lipinski definition) is 3. The van der Waals surface area contributed by atoms with Crippen LogP contribution in [0.25, 0.3) is 0 Å². The van der Waals surface area contributed by atoms with Gasteiger partial charge in [0.25, 0.3) is 12.9 Å². The largest absolute Gasteiger partial charge is 0.483 e. The Bertz CT molecular complexity index is 533. The first-order valence-corrected chi connectivity index (χ1v) is 7.87. The summed E-state index contributed by atoms with van der Waals surface area (Å²) in [7, 11) is 0. The number of nitrogens with zero attached hydrogens (tertiary/aromatic N) is 3. The SMILES string of the molecule is Cc1nccn1CC(=O)NC1CCN(C(C)(C)C)C1.O=CO.O=CO. The van der Waals surface area contributed by atoms with Gasteiger partial charge in [-0.2, -0.15) is 0 Å². The van der Waals surface area contributed by atoms with Gasteiger partial charge in [0.1, 0.15) is 12.4 Å². The highest BCUT2D eigenvalue weighted by molar-refractivity contribution is 5.76. The van der Waals surface area contributed by atoms with Crippen molar-refractivity contribution in [2.24, 2.45) is 0 Å². The van der Waals surface area contributed by atoms with E-state index in [4.69, 9.17) is 19.8 Å². The molecule has 0 bridgehead atoms. The van der Waals surface area contributed by atoms with E-state index in [0.717, 1.165) is 25.3 Å². The predicted molar refractivity (Wildman–Crippen MR) is 92.2 cm³/mol. The van der Waals surface area contributed by atoms with E-state index < -0.39 is 0 Å². The van der Waals surface area contributed by atoms with Crippen molar-refractivity contribution in [1.82, 2.24) is 19.8 Å². The van der Waals surface area contributed by atoms with E-state index in [9.17, 15) is 4.79 Å². The second-order valence-corrected chi connectivity index (χ2v) is 6.48. The molecule has 1 aromatic heterocycles. The summed E-state index contributed by atoms with van der Waals surface area (Å²) in [5.74, 6) is 0.944. The molecule has 1 atom stereocenters. The molecule has 0 spiro atoms. The molecule has 1 saturated heterocycles. The summed E-state index contributed by atoms with van der Waals surface area (Å²) in [4.78, 5) is 35.3. The van der Waals surface area contributed by atoms with E-state index in [1.54, 1.807) is 6.20 Å². The van der Waals surface area contributed by atoms with Gasteiger partial charge in [0.2, 0.25) is 5.91 Å². The zero-order valence-corrected chi connectivity index (χ0v) is 15.2. The Morgan fingerprint density at radius 1 is 1.36 bits per heavy atom. The van der Waals surface area contributed by atoms with E-state index in [0.29, 0.717) is 6.54 Å². The van der Waals surface area contributed by atoms with Gasteiger partial charge in [0, 0.05) is 37.1 Å². The first kappa shape index (κ1) is 22.6. The van der Waals surface area contributed by atoms with Crippen molar-refractivity contribution in [3.05, 3.63) is 18.2 Å². The number of carbonyl (C=O) groups excluding carboxylic acids is 1. The molecule has 9 heteroatoms. The molecule has 9 nitrogen and oxygen atoms in total. The van der Waals surface area contributed by atoms with Crippen LogP contribution in [-0.4, -0.2) is 68.2 Å². The molecule has 0 aromatic carbocycles.